The minimum absolute atomic E-state index is 0.215. The van der Waals surface area contributed by atoms with Gasteiger partial charge in [-0.1, -0.05) is 6.92 Å². The molecule has 0 spiro atoms. The smallest absolute Gasteiger partial charge is 0.504 e. The Labute approximate surface area is 108 Å². The Morgan fingerprint density at radius 1 is 1.20 bits per heavy atom. The van der Waals surface area contributed by atoms with E-state index in [0.717, 1.165) is 0 Å². The third-order valence-corrected chi connectivity index (χ3v) is 2.25. The van der Waals surface area contributed by atoms with Crippen molar-refractivity contribution < 1.29 is 41.0 Å². The second kappa shape index (κ2) is 5.22. The molecule has 0 radical (unpaired) electrons. The van der Waals surface area contributed by atoms with Crippen molar-refractivity contribution in [2.45, 2.75) is 25.9 Å². The number of ketones is 1. The van der Waals surface area contributed by atoms with E-state index in [2.05, 4.69) is 4.74 Å². The van der Waals surface area contributed by atoms with Crippen LogP contribution in [0, 0.1) is 0 Å². The number of Topliss-reactive ketones (excluding diaryl/α,β-unsaturated/α-hetero) is 1. The highest BCUT2D eigenvalue weighted by Crippen LogP contribution is 2.43. The first-order valence-corrected chi connectivity index (χ1v) is 5.19. The summed E-state index contributed by atoms with van der Waals surface area (Å²) in [6, 6.07) is 0.703. The fraction of sp³-hybridized carbons (Fsp3) is 0.364. The van der Waals surface area contributed by atoms with Gasteiger partial charge in [0.2, 0.25) is 0 Å². The van der Waals surface area contributed by atoms with Gasteiger partial charge in [0, 0.05) is 12.0 Å². The van der Waals surface area contributed by atoms with Gasteiger partial charge in [0.1, 0.15) is 5.56 Å². The van der Waals surface area contributed by atoms with Gasteiger partial charge in [0.25, 0.3) is 0 Å². The molecule has 0 aliphatic carbocycles. The van der Waals surface area contributed by atoms with Crippen molar-refractivity contribution in [3.63, 3.8) is 0 Å². The Morgan fingerprint density at radius 2 is 1.75 bits per heavy atom. The summed E-state index contributed by atoms with van der Waals surface area (Å²) in [5.74, 6) is -4.01. The van der Waals surface area contributed by atoms with E-state index in [1.165, 1.54) is 6.92 Å². The van der Waals surface area contributed by atoms with Crippen LogP contribution in [0.1, 0.15) is 29.3 Å². The molecule has 0 amide bonds. The Bertz CT molecular complexity index is 518. The van der Waals surface area contributed by atoms with Gasteiger partial charge in [0.15, 0.2) is 17.3 Å². The SMILES string of the molecule is CCC(=O)c1cc(OC(F)(F)F)c(O)c(C(F)(F)F)c1. The second-order valence-corrected chi connectivity index (χ2v) is 3.69. The number of phenols is 1. The lowest BCUT2D eigenvalue weighted by molar-refractivity contribution is -0.275. The zero-order chi connectivity index (χ0) is 15.7. The maximum Gasteiger partial charge on any atom is 0.573 e. The fourth-order valence-electron chi connectivity index (χ4n) is 1.39. The summed E-state index contributed by atoms with van der Waals surface area (Å²) in [6.45, 7) is 1.33. The number of hydrogen-bond acceptors (Lipinski definition) is 3. The number of rotatable bonds is 3. The van der Waals surface area contributed by atoms with Crippen LogP contribution >= 0.6 is 0 Å². The summed E-state index contributed by atoms with van der Waals surface area (Å²) < 4.78 is 77.3. The number of carbonyl (C=O) groups is 1. The Balaban J connectivity index is 3.47. The Kier molecular flexibility index (Phi) is 4.21. The molecule has 20 heavy (non-hydrogen) atoms. The van der Waals surface area contributed by atoms with Gasteiger partial charge in [-0.05, 0) is 12.1 Å². The summed E-state index contributed by atoms with van der Waals surface area (Å²) in [6.07, 6.45) is -10.6. The quantitative estimate of drug-likeness (QED) is 0.680. The van der Waals surface area contributed by atoms with Crippen molar-refractivity contribution >= 4 is 5.78 Å². The second-order valence-electron chi connectivity index (χ2n) is 3.69. The molecule has 0 aliphatic heterocycles. The highest BCUT2D eigenvalue weighted by Gasteiger charge is 2.39. The van der Waals surface area contributed by atoms with Crippen molar-refractivity contribution in [2.75, 3.05) is 0 Å². The van der Waals surface area contributed by atoms with E-state index in [4.69, 9.17) is 0 Å². The number of aromatic hydroxyl groups is 1. The molecule has 0 unspecified atom stereocenters. The lowest BCUT2D eigenvalue weighted by Gasteiger charge is -2.16. The lowest BCUT2D eigenvalue weighted by atomic mass is 10.0. The summed E-state index contributed by atoms with van der Waals surface area (Å²) in [7, 11) is 0. The summed E-state index contributed by atoms with van der Waals surface area (Å²) in [5, 5.41) is 9.21. The maximum absolute atomic E-state index is 12.6. The number of alkyl halides is 6. The summed E-state index contributed by atoms with van der Waals surface area (Å²) in [5.41, 5.74) is -2.40. The van der Waals surface area contributed by atoms with Crippen molar-refractivity contribution in [2.24, 2.45) is 0 Å². The molecule has 0 bridgehead atoms. The first kappa shape index (κ1) is 16.1. The molecule has 0 fully saturated rings. The molecule has 1 N–H and O–H groups in total. The highest BCUT2D eigenvalue weighted by atomic mass is 19.4. The molecule has 0 saturated carbocycles. The Hall–Kier alpha value is -1.93. The van der Waals surface area contributed by atoms with Gasteiger partial charge >= 0.3 is 12.5 Å². The molecule has 0 saturated heterocycles. The number of phenolic OH excluding ortho intramolecular Hbond substituents is 1. The van der Waals surface area contributed by atoms with Crippen LogP contribution in [0.4, 0.5) is 26.3 Å². The van der Waals surface area contributed by atoms with Gasteiger partial charge in [0.05, 0.1) is 0 Å². The molecular weight excluding hydrogens is 294 g/mol. The van der Waals surface area contributed by atoms with E-state index >= 15 is 0 Å². The topological polar surface area (TPSA) is 46.5 Å². The van der Waals surface area contributed by atoms with Crippen molar-refractivity contribution in [1.29, 1.82) is 0 Å². The number of halogens is 6. The van der Waals surface area contributed by atoms with Crippen molar-refractivity contribution in [3.05, 3.63) is 23.3 Å². The molecule has 3 nitrogen and oxygen atoms in total. The maximum atomic E-state index is 12.6. The van der Waals surface area contributed by atoms with Crippen LogP contribution in [-0.2, 0) is 6.18 Å². The number of carbonyl (C=O) groups excluding carboxylic acids is 1. The Morgan fingerprint density at radius 3 is 2.15 bits per heavy atom. The summed E-state index contributed by atoms with van der Waals surface area (Å²) >= 11 is 0. The molecular formula is C11H8F6O3. The molecule has 112 valence electrons. The average Bonchev–Trinajstić information content (AvgIpc) is 2.27. The lowest BCUT2D eigenvalue weighted by Crippen LogP contribution is -2.18. The number of benzene rings is 1. The monoisotopic (exact) mass is 302 g/mol. The van der Waals surface area contributed by atoms with Gasteiger partial charge in [-0.3, -0.25) is 4.79 Å². The van der Waals surface area contributed by atoms with Gasteiger partial charge in [-0.2, -0.15) is 13.2 Å². The number of ether oxygens (including phenoxy) is 1. The van der Waals surface area contributed by atoms with Gasteiger partial charge < -0.3 is 9.84 Å². The first-order valence-electron chi connectivity index (χ1n) is 5.19. The largest absolute Gasteiger partial charge is 0.573 e. The molecule has 0 aromatic heterocycles. The molecule has 1 aromatic carbocycles. The van der Waals surface area contributed by atoms with Gasteiger partial charge in [-0.15, -0.1) is 13.2 Å². The van der Waals surface area contributed by atoms with Crippen LogP contribution < -0.4 is 4.74 Å². The molecule has 0 aliphatic rings. The highest BCUT2D eigenvalue weighted by molar-refractivity contribution is 5.96. The third-order valence-electron chi connectivity index (χ3n) is 2.25. The normalized spacial score (nSPS) is 12.3. The fourth-order valence-corrected chi connectivity index (χ4v) is 1.39. The molecule has 0 heterocycles. The van der Waals surface area contributed by atoms with Crippen LogP contribution in [0.5, 0.6) is 11.5 Å². The van der Waals surface area contributed by atoms with Crippen LogP contribution in [-0.4, -0.2) is 17.3 Å². The van der Waals surface area contributed by atoms with E-state index in [9.17, 15) is 36.2 Å². The molecule has 1 aromatic rings. The van der Waals surface area contributed by atoms with Crippen LogP contribution in [0.25, 0.3) is 0 Å². The van der Waals surface area contributed by atoms with Crippen LogP contribution in [0.15, 0.2) is 12.1 Å². The standard InChI is InChI=1S/C11H8F6O3/c1-2-7(18)5-3-6(10(12,13)14)9(19)8(4-5)20-11(15,16)17/h3-4,19H,2H2,1H3. The zero-order valence-corrected chi connectivity index (χ0v) is 9.89. The predicted molar refractivity (Wildman–Crippen MR) is 54.4 cm³/mol. The van der Waals surface area contributed by atoms with E-state index in [1.54, 1.807) is 0 Å². The van der Waals surface area contributed by atoms with E-state index in [-0.39, 0.29) is 12.5 Å². The van der Waals surface area contributed by atoms with E-state index in [0.29, 0.717) is 6.07 Å². The predicted octanol–water partition coefficient (Wildman–Crippen LogP) is 3.90. The molecule has 1 rings (SSSR count). The number of hydrogen-bond donors (Lipinski definition) is 1. The van der Waals surface area contributed by atoms with Crippen LogP contribution in [0.3, 0.4) is 0 Å². The van der Waals surface area contributed by atoms with E-state index in [1.807, 2.05) is 0 Å². The molecule has 0 atom stereocenters. The summed E-state index contributed by atoms with van der Waals surface area (Å²) in [4.78, 5) is 11.3. The minimum atomic E-state index is -5.30. The third kappa shape index (κ3) is 3.78. The van der Waals surface area contributed by atoms with E-state index < -0.39 is 40.9 Å². The zero-order valence-electron chi connectivity index (χ0n) is 9.89. The van der Waals surface area contributed by atoms with Crippen molar-refractivity contribution in [1.82, 2.24) is 0 Å². The average molecular weight is 302 g/mol. The van der Waals surface area contributed by atoms with Crippen LogP contribution in [0.2, 0.25) is 0 Å². The van der Waals surface area contributed by atoms with Crippen molar-refractivity contribution in [3.8, 4) is 11.5 Å². The van der Waals surface area contributed by atoms with Gasteiger partial charge in [-0.25, -0.2) is 0 Å². The molecule has 9 heteroatoms. The minimum Gasteiger partial charge on any atom is -0.504 e. The first-order chi connectivity index (χ1) is 8.95.